The molecule has 2 aromatic rings. The number of benzene rings is 1. The molecule has 0 radical (unpaired) electrons. The number of carbonyl (C=O) groups is 1. The number of anilines is 1. The molecule has 0 bridgehead atoms. The highest BCUT2D eigenvalue weighted by Crippen LogP contribution is 2.15. The predicted octanol–water partition coefficient (Wildman–Crippen LogP) is 3.32. The fourth-order valence-electron chi connectivity index (χ4n) is 2.77. The zero-order chi connectivity index (χ0) is 15.2. The maximum atomic E-state index is 12.1. The Balaban J connectivity index is 1.58. The fraction of sp³-hybridized carbons (Fsp3) is 0.333. The van der Waals surface area contributed by atoms with E-state index in [1.54, 1.807) is 24.5 Å². The third kappa shape index (κ3) is 3.92. The van der Waals surface area contributed by atoms with Crippen LogP contribution in [0, 0.1) is 0 Å². The van der Waals surface area contributed by atoms with E-state index in [0.717, 1.165) is 12.2 Å². The maximum absolute atomic E-state index is 12.1. The van der Waals surface area contributed by atoms with Gasteiger partial charge < -0.3 is 5.32 Å². The number of rotatable bonds is 4. The van der Waals surface area contributed by atoms with Crippen LogP contribution in [-0.2, 0) is 6.54 Å². The van der Waals surface area contributed by atoms with Crippen molar-refractivity contribution >= 4 is 11.6 Å². The van der Waals surface area contributed by atoms with Crippen LogP contribution in [0.3, 0.4) is 0 Å². The van der Waals surface area contributed by atoms with E-state index < -0.39 is 0 Å². The first-order chi connectivity index (χ1) is 10.8. The molecule has 4 heteroatoms. The SMILES string of the molecule is O=C(Nc1ccc(CN2CCCCC2)cc1)c1cccnc1. The monoisotopic (exact) mass is 295 g/mol. The van der Waals surface area contributed by atoms with Gasteiger partial charge in [-0.25, -0.2) is 0 Å². The van der Waals surface area contributed by atoms with Gasteiger partial charge in [-0.3, -0.25) is 14.7 Å². The van der Waals surface area contributed by atoms with Gasteiger partial charge >= 0.3 is 0 Å². The summed E-state index contributed by atoms with van der Waals surface area (Å²) in [5.74, 6) is -0.128. The molecule has 22 heavy (non-hydrogen) atoms. The zero-order valence-corrected chi connectivity index (χ0v) is 12.7. The molecule has 0 spiro atoms. The van der Waals surface area contributed by atoms with Crippen molar-refractivity contribution in [1.29, 1.82) is 0 Å². The molecule has 4 nitrogen and oxygen atoms in total. The molecule has 1 aliphatic rings. The normalized spacial score (nSPS) is 15.5. The summed E-state index contributed by atoms with van der Waals surface area (Å²) >= 11 is 0. The quantitative estimate of drug-likeness (QED) is 0.941. The first-order valence-electron chi connectivity index (χ1n) is 7.84. The van der Waals surface area contributed by atoms with Crippen molar-refractivity contribution in [2.24, 2.45) is 0 Å². The van der Waals surface area contributed by atoms with Gasteiger partial charge in [0.05, 0.1) is 5.56 Å². The minimum absolute atomic E-state index is 0.128. The van der Waals surface area contributed by atoms with E-state index in [-0.39, 0.29) is 5.91 Å². The molecule has 114 valence electrons. The topological polar surface area (TPSA) is 45.2 Å². The van der Waals surface area contributed by atoms with Crippen LogP contribution < -0.4 is 5.32 Å². The molecule has 1 amide bonds. The number of carbonyl (C=O) groups excluding carboxylic acids is 1. The Morgan fingerprint density at radius 1 is 1.09 bits per heavy atom. The standard InChI is InChI=1S/C18H21N3O/c22-18(16-5-4-10-19-13-16)20-17-8-6-15(7-9-17)14-21-11-2-1-3-12-21/h4-10,13H,1-3,11-12,14H2,(H,20,22). The van der Waals surface area contributed by atoms with Crippen LogP contribution >= 0.6 is 0 Å². The fourth-order valence-corrected chi connectivity index (χ4v) is 2.77. The molecule has 3 rings (SSSR count). The lowest BCUT2D eigenvalue weighted by molar-refractivity contribution is 0.102. The third-order valence-corrected chi connectivity index (χ3v) is 3.99. The van der Waals surface area contributed by atoms with Gasteiger partial charge in [-0.15, -0.1) is 0 Å². The van der Waals surface area contributed by atoms with Crippen molar-refractivity contribution in [2.75, 3.05) is 18.4 Å². The summed E-state index contributed by atoms with van der Waals surface area (Å²) in [6, 6.07) is 11.6. The predicted molar refractivity (Wildman–Crippen MR) is 87.8 cm³/mol. The van der Waals surface area contributed by atoms with Gasteiger partial charge in [0.2, 0.25) is 0 Å². The molecule has 0 atom stereocenters. The van der Waals surface area contributed by atoms with Crippen LogP contribution in [0.25, 0.3) is 0 Å². The summed E-state index contributed by atoms with van der Waals surface area (Å²) in [5, 5.41) is 2.90. The molecule has 0 saturated carbocycles. The maximum Gasteiger partial charge on any atom is 0.257 e. The number of amides is 1. The highest BCUT2D eigenvalue weighted by molar-refractivity contribution is 6.03. The van der Waals surface area contributed by atoms with Crippen LogP contribution in [0.15, 0.2) is 48.8 Å². The number of hydrogen-bond acceptors (Lipinski definition) is 3. The molecule has 2 heterocycles. The molecule has 1 aromatic heterocycles. The lowest BCUT2D eigenvalue weighted by atomic mass is 10.1. The smallest absolute Gasteiger partial charge is 0.257 e. The van der Waals surface area contributed by atoms with Crippen molar-refractivity contribution in [1.82, 2.24) is 9.88 Å². The third-order valence-electron chi connectivity index (χ3n) is 3.99. The van der Waals surface area contributed by atoms with E-state index in [0.29, 0.717) is 5.56 Å². The highest BCUT2D eigenvalue weighted by Gasteiger charge is 2.10. The lowest BCUT2D eigenvalue weighted by Crippen LogP contribution is -2.29. The second kappa shape index (κ2) is 7.18. The van der Waals surface area contributed by atoms with Gasteiger partial charge in [0.1, 0.15) is 0 Å². The van der Waals surface area contributed by atoms with E-state index in [2.05, 4.69) is 27.3 Å². The van der Waals surface area contributed by atoms with Crippen LogP contribution in [0.1, 0.15) is 35.2 Å². The van der Waals surface area contributed by atoms with E-state index in [1.165, 1.54) is 37.9 Å². The summed E-state index contributed by atoms with van der Waals surface area (Å²) in [4.78, 5) is 18.5. The Morgan fingerprint density at radius 3 is 2.55 bits per heavy atom. The summed E-state index contributed by atoms with van der Waals surface area (Å²) in [6.45, 7) is 3.38. The molecule has 0 unspecified atom stereocenters. The van der Waals surface area contributed by atoms with Crippen molar-refractivity contribution in [3.05, 3.63) is 59.9 Å². The Labute approximate surface area is 131 Å². The highest BCUT2D eigenvalue weighted by atomic mass is 16.1. The average molecular weight is 295 g/mol. The van der Waals surface area contributed by atoms with Crippen LogP contribution in [0.2, 0.25) is 0 Å². The summed E-state index contributed by atoms with van der Waals surface area (Å²) < 4.78 is 0. The van der Waals surface area contributed by atoms with E-state index in [9.17, 15) is 4.79 Å². The van der Waals surface area contributed by atoms with Crippen LogP contribution in [-0.4, -0.2) is 28.9 Å². The van der Waals surface area contributed by atoms with Crippen LogP contribution in [0.4, 0.5) is 5.69 Å². The number of nitrogens with zero attached hydrogens (tertiary/aromatic N) is 2. The molecule has 1 saturated heterocycles. The molecule has 1 aliphatic heterocycles. The molecule has 0 aliphatic carbocycles. The zero-order valence-electron chi connectivity index (χ0n) is 12.7. The van der Waals surface area contributed by atoms with Gasteiger partial charge in [0.15, 0.2) is 0 Å². The summed E-state index contributed by atoms with van der Waals surface area (Å²) in [6.07, 6.45) is 7.19. The van der Waals surface area contributed by atoms with Crippen molar-refractivity contribution in [2.45, 2.75) is 25.8 Å². The number of piperidine rings is 1. The van der Waals surface area contributed by atoms with Crippen molar-refractivity contribution in [3.8, 4) is 0 Å². The Hall–Kier alpha value is -2.20. The Bertz CT molecular complexity index is 604. The second-order valence-electron chi connectivity index (χ2n) is 5.73. The van der Waals surface area contributed by atoms with E-state index in [4.69, 9.17) is 0 Å². The Kier molecular flexibility index (Phi) is 4.81. The van der Waals surface area contributed by atoms with Crippen molar-refractivity contribution in [3.63, 3.8) is 0 Å². The van der Waals surface area contributed by atoms with Crippen molar-refractivity contribution < 1.29 is 4.79 Å². The number of hydrogen-bond donors (Lipinski definition) is 1. The van der Waals surface area contributed by atoms with Gasteiger partial charge in [0.25, 0.3) is 5.91 Å². The van der Waals surface area contributed by atoms with E-state index in [1.807, 2.05) is 12.1 Å². The summed E-state index contributed by atoms with van der Waals surface area (Å²) in [5.41, 5.74) is 2.68. The average Bonchev–Trinajstić information content (AvgIpc) is 2.58. The summed E-state index contributed by atoms with van der Waals surface area (Å²) in [7, 11) is 0. The Morgan fingerprint density at radius 2 is 1.86 bits per heavy atom. The minimum atomic E-state index is -0.128. The van der Waals surface area contributed by atoms with Gasteiger partial charge in [-0.05, 0) is 55.8 Å². The number of aromatic nitrogens is 1. The second-order valence-corrected chi connectivity index (χ2v) is 5.73. The number of nitrogens with one attached hydrogen (secondary N) is 1. The molecule has 1 aromatic carbocycles. The minimum Gasteiger partial charge on any atom is -0.322 e. The number of likely N-dealkylation sites (tertiary alicyclic amines) is 1. The molecule has 1 N–H and O–H groups in total. The molecule has 1 fully saturated rings. The van der Waals surface area contributed by atoms with E-state index >= 15 is 0 Å². The lowest BCUT2D eigenvalue weighted by Gasteiger charge is -2.26. The number of pyridine rings is 1. The first-order valence-corrected chi connectivity index (χ1v) is 7.84. The largest absolute Gasteiger partial charge is 0.322 e. The molecular weight excluding hydrogens is 274 g/mol. The molecular formula is C18H21N3O. The van der Waals surface area contributed by atoms with Gasteiger partial charge in [0, 0.05) is 24.6 Å². The first kappa shape index (κ1) is 14.7. The van der Waals surface area contributed by atoms with Gasteiger partial charge in [-0.2, -0.15) is 0 Å². The van der Waals surface area contributed by atoms with Gasteiger partial charge in [-0.1, -0.05) is 18.6 Å². The van der Waals surface area contributed by atoms with Crippen LogP contribution in [0.5, 0.6) is 0 Å².